The molecule has 0 aliphatic carbocycles. The van der Waals surface area contributed by atoms with E-state index in [0.29, 0.717) is 22.4 Å². The standard InChI is InChI=1S/C19H17ClN2O2S/c1-21-17(18(23)22(2)19(21)25)11-13-5-9-16(10-6-13)24-12-14-3-7-15(20)8-4-14/h3-11H,12H2,1-2H3/b17-11+. The highest BCUT2D eigenvalue weighted by molar-refractivity contribution is 7.80. The van der Waals surface area contributed by atoms with Gasteiger partial charge in [-0.05, 0) is 53.7 Å². The summed E-state index contributed by atoms with van der Waals surface area (Å²) in [4.78, 5) is 15.3. The summed E-state index contributed by atoms with van der Waals surface area (Å²) in [6.45, 7) is 0.470. The average Bonchev–Trinajstić information content (AvgIpc) is 2.80. The normalized spacial score (nSPS) is 16.0. The maximum atomic E-state index is 12.2. The third kappa shape index (κ3) is 3.83. The van der Waals surface area contributed by atoms with E-state index in [1.807, 2.05) is 54.6 Å². The number of carbonyl (C=O) groups is 1. The van der Waals surface area contributed by atoms with Gasteiger partial charge in [-0.3, -0.25) is 9.69 Å². The lowest BCUT2D eigenvalue weighted by Crippen LogP contribution is -2.26. The summed E-state index contributed by atoms with van der Waals surface area (Å²) in [5.41, 5.74) is 2.51. The smallest absolute Gasteiger partial charge is 0.276 e. The van der Waals surface area contributed by atoms with E-state index in [1.54, 1.807) is 19.0 Å². The molecule has 0 saturated carbocycles. The molecule has 1 aliphatic heterocycles. The molecule has 0 N–H and O–H groups in total. The van der Waals surface area contributed by atoms with Crippen LogP contribution >= 0.6 is 23.8 Å². The molecule has 4 nitrogen and oxygen atoms in total. The Kier molecular flexibility index (Phi) is 5.06. The molecule has 6 heteroatoms. The van der Waals surface area contributed by atoms with E-state index in [1.165, 1.54) is 4.90 Å². The number of likely N-dealkylation sites (N-methyl/N-ethyl adjacent to an activating group) is 2. The average molecular weight is 373 g/mol. The Labute approximate surface area is 157 Å². The van der Waals surface area contributed by atoms with Crippen LogP contribution in [0.3, 0.4) is 0 Å². The SMILES string of the molecule is CN1C(=O)/C(=C\c2ccc(OCc3ccc(Cl)cc3)cc2)N(C)C1=S. The van der Waals surface area contributed by atoms with Crippen molar-refractivity contribution in [2.24, 2.45) is 0 Å². The summed E-state index contributed by atoms with van der Waals surface area (Å²) in [6.07, 6.45) is 1.82. The van der Waals surface area contributed by atoms with Crippen LogP contribution in [-0.4, -0.2) is 34.9 Å². The van der Waals surface area contributed by atoms with Gasteiger partial charge >= 0.3 is 0 Å². The number of rotatable bonds is 4. The fourth-order valence-corrected chi connectivity index (χ4v) is 2.76. The van der Waals surface area contributed by atoms with Crippen molar-refractivity contribution in [3.63, 3.8) is 0 Å². The van der Waals surface area contributed by atoms with Crippen LogP contribution in [0.1, 0.15) is 11.1 Å². The Morgan fingerprint density at radius 3 is 2.24 bits per heavy atom. The van der Waals surface area contributed by atoms with Crippen molar-refractivity contribution in [1.29, 1.82) is 0 Å². The number of thiocarbonyl (C=S) groups is 1. The molecule has 0 atom stereocenters. The highest BCUT2D eigenvalue weighted by Gasteiger charge is 2.32. The summed E-state index contributed by atoms with van der Waals surface area (Å²) in [5.74, 6) is 0.659. The van der Waals surface area contributed by atoms with E-state index in [9.17, 15) is 4.79 Å². The molecule has 2 aromatic rings. The van der Waals surface area contributed by atoms with Crippen molar-refractivity contribution in [2.75, 3.05) is 14.1 Å². The molecule has 0 bridgehead atoms. The van der Waals surface area contributed by atoms with Crippen LogP contribution in [0.2, 0.25) is 5.02 Å². The van der Waals surface area contributed by atoms with Crippen molar-refractivity contribution in [1.82, 2.24) is 9.80 Å². The van der Waals surface area contributed by atoms with Gasteiger partial charge in [0.2, 0.25) is 0 Å². The lowest BCUT2D eigenvalue weighted by atomic mass is 10.1. The highest BCUT2D eigenvalue weighted by atomic mass is 35.5. The van der Waals surface area contributed by atoms with Gasteiger partial charge in [-0.2, -0.15) is 0 Å². The molecule has 0 radical (unpaired) electrons. The van der Waals surface area contributed by atoms with Gasteiger partial charge in [0.25, 0.3) is 5.91 Å². The molecule has 2 aromatic carbocycles. The van der Waals surface area contributed by atoms with Gasteiger partial charge in [-0.25, -0.2) is 0 Å². The van der Waals surface area contributed by atoms with Gasteiger partial charge in [-0.15, -0.1) is 0 Å². The first kappa shape index (κ1) is 17.5. The molecule has 0 unspecified atom stereocenters. The summed E-state index contributed by atoms with van der Waals surface area (Å²) in [7, 11) is 3.47. The molecular weight excluding hydrogens is 356 g/mol. The van der Waals surface area contributed by atoms with Gasteiger partial charge in [0, 0.05) is 19.1 Å². The van der Waals surface area contributed by atoms with E-state index < -0.39 is 0 Å². The highest BCUT2D eigenvalue weighted by Crippen LogP contribution is 2.22. The van der Waals surface area contributed by atoms with Crippen LogP contribution in [0.25, 0.3) is 6.08 Å². The summed E-state index contributed by atoms with van der Waals surface area (Å²) >= 11 is 11.1. The number of hydrogen-bond donors (Lipinski definition) is 0. The van der Waals surface area contributed by atoms with Gasteiger partial charge in [-0.1, -0.05) is 35.9 Å². The van der Waals surface area contributed by atoms with Crippen molar-refractivity contribution in [2.45, 2.75) is 6.61 Å². The van der Waals surface area contributed by atoms with Gasteiger partial charge < -0.3 is 9.64 Å². The molecular formula is C19H17ClN2O2S. The minimum Gasteiger partial charge on any atom is -0.489 e. The summed E-state index contributed by atoms with van der Waals surface area (Å²) < 4.78 is 5.76. The second kappa shape index (κ2) is 7.25. The second-order valence-electron chi connectivity index (χ2n) is 5.72. The van der Waals surface area contributed by atoms with Crippen molar-refractivity contribution in [3.8, 4) is 5.75 Å². The monoisotopic (exact) mass is 372 g/mol. The molecule has 0 spiro atoms. The largest absolute Gasteiger partial charge is 0.489 e. The van der Waals surface area contributed by atoms with Crippen LogP contribution < -0.4 is 4.74 Å². The molecule has 0 aromatic heterocycles. The molecule has 1 heterocycles. The van der Waals surface area contributed by atoms with Crippen LogP contribution in [0.5, 0.6) is 5.75 Å². The van der Waals surface area contributed by atoms with Gasteiger partial charge in [0.1, 0.15) is 18.1 Å². The van der Waals surface area contributed by atoms with Crippen molar-refractivity contribution in [3.05, 3.63) is 70.4 Å². The van der Waals surface area contributed by atoms with E-state index in [-0.39, 0.29) is 5.91 Å². The van der Waals surface area contributed by atoms with Crippen LogP contribution in [-0.2, 0) is 11.4 Å². The lowest BCUT2D eigenvalue weighted by molar-refractivity contribution is -0.121. The number of hydrogen-bond acceptors (Lipinski definition) is 3. The topological polar surface area (TPSA) is 32.8 Å². The molecule has 1 fully saturated rings. The van der Waals surface area contributed by atoms with E-state index in [4.69, 9.17) is 28.6 Å². The third-order valence-corrected chi connectivity index (χ3v) is 4.76. The number of ether oxygens (including phenoxy) is 1. The Bertz CT molecular complexity index is 832. The number of benzene rings is 2. The third-order valence-electron chi connectivity index (χ3n) is 3.96. The molecule has 3 rings (SSSR count). The number of nitrogens with zero attached hydrogens (tertiary/aromatic N) is 2. The lowest BCUT2D eigenvalue weighted by Gasteiger charge is -2.11. The van der Waals surface area contributed by atoms with Crippen molar-refractivity contribution >= 4 is 40.9 Å². The quantitative estimate of drug-likeness (QED) is 0.601. The molecule has 1 amide bonds. The van der Waals surface area contributed by atoms with Gasteiger partial charge in [0.15, 0.2) is 5.11 Å². The first-order valence-corrected chi connectivity index (χ1v) is 8.49. The maximum Gasteiger partial charge on any atom is 0.276 e. The minimum absolute atomic E-state index is 0.101. The number of carbonyl (C=O) groups excluding carboxylic acids is 1. The van der Waals surface area contributed by atoms with E-state index >= 15 is 0 Å². The number of amides is 1. The fraction of sp³-hybridized carbons (Fsp3) is 0.158. The predicted molar refractivity (Wildman–Crippen MR) is 103 cm³/mol. The van der Waals surface area contributed by atoms with Crippen LogP contribution in [0.4, 0.5) is 0 Å². The molecule has 25 heavy (non-hydrogen) atoms. The maximum absolute atomic E-state index is 12.2. The van der Waals surface area contributed by atoms with Crippen LogP contribution in [0, 0.1) is 0 Å². The van der Waals surface area contributed by atoms with E-state index in [2.05, 4.69) is 0 Å². The van der Waals surface area contributed by atoms with Crippen molar-refractivity contribution < 1.29 is 9.53 Å². The molecule has 1 saturated heterocycles. The zero-order valence-corrected chi connectivity index (χ0v) is 15.5. The van der Waals surface area contributed by atoms with Gasteiger partial charge in [0.05, 0.1) is 0 Å². The molecule has 1 aliphatic rings. The Morgan fingerprint density at radius 1 is 1.04 bits per heavy atom. The minimum atomic E-state index is -0.101. The summed E-state index contributed by atoms with van der Waals surface area (Å²) in [6, 6.07) is 15.1. The zero-order chi connectivity index (χ0) is 18.0. The molecule has 128 valence electrons. The zero-order valence-electron chi connectivity index (χ0n) is 13.9. The fourth-order valence-electron chi connectivity index (χ4n) is 2.45. The van der Waals surface area contributed by atoms with Crippen LogP contribution in [0.15, 0.2) is 54.2 Å². The Balaban J connectivity index is 1.68. The summed E-state index contributed by atoms with van der Waals surface area (Å²) in [5, 5.41) is 1.21. The first-order chi connectivity index (χ1) is 12.0. The van der Waals surface area contributed by atoms with E-state index in [0.717, 1.165) is 16.9 Å². The number of halogens is 1. The first-order valence-electron chi connectivity index (χ1n) is 7.70. The Morgan fingerprint density at radius 2 is 1.68 bits per heavy atom. The second-order valence-corrected chi connectivity index (χ2v) is 6.52. The Hall–Kier alpha value is -2.37. The predicted octanol–water partition coefficient (Wildman–Crippen LogP) is 3.95.